The highest BCUT2D eigenvalue weighted by Gasteiger charge is 2.20. The van der Waals surface area contributed by atoms with Crippen LogP contribution in [0.2, 0.25) is 0 Å². The fourth-order valence-electron chi connectivity index (χ4n) is 3.94. The van der Waals surface area contributed by atoms with Gasteiger partial charge in [-0.05, 0) is 47.0 Å². The van der Waals surface area contributed by atoms with Crippen LogP contribution in [-0.2, 0) is 19.6 Å². The highest BCUT2D eigenvalue weighted by atomic mass is 16.5. The minimum Gasteiger partial charge on any atom is -0.476 e. The van der Waals surface area contributed by atoms with Gasteiger partial charge in [0, 0.05) is 24.0 Å². The molecule has 0 radical (unpaired) electrons. The van der Waals surface area contributed by atoms with Gasteiger partial charge < -0.3 is 4.74 Å². The Morgan fingerprint density at radius 1 is 1.00 bits per heavy atom. The van der Waals surface area contributed by atoms with E-state index in [9.17, 15) is 0 Å². The van der Waals surface area contributed by atoms with Crippen LogP contribution in [0.3, 0.4) is 0 Å². The zero-order valence-electron chi connectivity index (χ0n) is 17.2. The first-order chi connectivity index (χ1) is 14.7. The van der Waals surface area contributed by atoms with Gasteiger partial charge in [-0.1, -0.05) is 42.5 Å². The standard InChI is InChI=1S/C23H24N6O/c1-16-8-9-17(2)22-20(16)12-19-14-28(10-11-30-23(19)24-22)15-21-25-26-27-29(21)13-18-6-4-3-5-7-18/h3-9,12H,10-11,13-15H2,1-2H3. The summed E-state index contributed by atoms with van der Waals surface area (Å²) in [7, 11) is 0. The van der Waals surface area contributed by atoms with Crippen molar-refractivity contribution in [2.24, 2.45) is 0 Å². The van der Waals surface area contributed by atoms with Crippen LogP contribution >= 0.6 is 0 Å². The lowest BCUT2D eigenvalue weighted by Crippen LogP contribution is -2.27. The van der Waals surface area contributed by atoms with Crippen molar-refractivity contribution in [3.05, 3.63) is 76.6 Å². The molecule has 152 valence electrons. The second kappa shape index (κ2) is 7.84. The summed E-state index contributed by atoms with van der Waals surface area (Å²) in [5.74, 6) is 1.59. The molecule has 4 aromatic rings. The third kappa shape index (κ3) is 3.64. The minimum atomic E-state index is 0.594. The molecule has 0 aliphatic carbocycles. The molecule has 7 heteroatoms. The zero-order chi connectivity index (χ0) is 20.5. The van der Waals surface area contributed by atoms with Crippen LogP contribution in [0.5, 0.6) is 5.88 Å². The van der Waals surface area contributed by atoms with Crippen molar-refractivity contribution in [2.45, 2.75) is 33.5 Å². The Kier molecular flexibility index (Phi) is 4.88. The van der Waals surface area contributed by atoms with E-state index < -0.39 is 0 Å². The Morgan fingerprint density at radius 2 is 1.83 bits per heavy atom. The molecule has 30 heavy (non-hydrogen) atoms. The second-order valence-corrected chi connectivity index (χ2v) is 7.85. The number of hydrogen-bond donors (Lipinski definition) is 0. The van der Waals surface area contributed by atoms with Gasteiger partial charge in [0.1, 0.15) is 6.61 Å². The topological polar surface area (TPSA) is 69.0 Å². The van der Waals surface area contributed by atoms with Crippen molar-refractivity contribution in [1.29, 1.82) is 0 Å². The van der Waals surface area contributed by atoms with E-state index in [0.29, 0.717) is 19.7 Å². The summed E-state index contributed by atoms with van der Waals surface area (Å²) in [6.07, 6.45) is 0. The third-order valence-electron chi connectivity index (χ3n) is 5.63. The zero-order valence-corrected chi connectivity index (χ0v) is 17.2. The summed E-state index contributed by atoms with van der Waals surface area (Å²) in [4.78, 5) is 7.16. The average Bonchev–Trinajstić information content (AvgIpc) is 3.08. The van der Waals surface area contributed by atoms with Crippen molar-refractivity contribution in [1.82, 2.24) is 30.1 Å². The highest BCUT2D eigenvalue weighted by molar-refractivity contribution is 5.86. The SMILES string of the molecule is Cc1ccc(C)c2nc3c(cc12)CN(Cc1nnnn1Cc1ccccc1)CCO3. The molecule has 0 saturated heterocycles. The van der Waals surface area contributed by atoms with E-state index in [0.717, 1.165) is 35.9 Å². The molecule has 0 atom stereocenters. The van der Waals surface area contributed by atoms with E-state index in [4.69, 9.17) is 9.72 Å². The van der Waals surface area contributed by atoms with Crippen LogP contribution in [0, 0.1) is 13.8 Å². The summed E-state index contributed by atoms with van der Waals surface area (Å²) in [6.45, 7) is 7.69. The van der Waals surface area contributed by atoms with Crippen LogP contribution in [0.25, 0.3) is 10.9 Å². The van der Waals surface area contributed by atoms with E-state index in [1.807, 2.05) is 22.9 Å². The third-order valence-corrected chi connectivity index (χ3v) is 5.63. The molecule has 0 saturated carbocycles. The monoisotopic (exact) mass is 400 g/mol. The van der Waals surface area contributed by atoms with Gasteiger partial charge in [-0.25, -0.2) is 9.67 Å². The molecule has 0 spiro atoms. The first-order valence-electron chi connectivity index (χ1n) is 10.2. The normalized spacial score (nSPS) is 14.3. The molecule has 1 aliphatic heterocycles. The molecule has 0 unspecified atom stereocenters. The number of aromatic nitrogens is 5. The van der Waals surface area contributed by atoms with Crippen molar-refractivity contribution >= 4 is 10.9 Å². The maximum atomic E-state index is 6.02. The van der Waals surface area contributed by atoms with E-state index in [1.165, 1.54) is 22.1 Å². The Hall–Kier alpha value is -3.32. The molecule has 7 nitrogen and oxygen atoms in total. The van der Waals surface area contributed by atoms with Crippen molar-refractivity contribution < 1.29 is 4.74 Å². The van der Waals surface area contributed by atoms with Gasteiger partial charge in [-0.3, -0.25) is 4.90 Å². The maximum absolute atomic E-state index is 6.02. The maximum Gasteiger partial charge on any atom is 0.218 e. The number of ether oxygens (including phenoxy) is 1. The quantitative estimate of drug-likeness (QED) is 0.524. The lowest BCUT2D eigenvalue weighted by molar-refractivity contribution is 0.211. The predicted molar refractivity (Wildman–Crippen MR) is 114 cm³/mol. The van der Waals surface area contributed by atoms with Crippen LogP contribution in [0.4, 0.5) is 0 Å². The number of fused-ring (bicyclic) bond motifs is 2. The summed E-state index contributed by atoms with van der Waals surface area (Å²) >= 11 is 0. The molecule has 2 aromatic heterocycles. The van der Waals surface area contributed by atoms with Crippen LogP contribution in [-0.4, -0.2) is 43.2 Å². The lowest BCUT2D eigenvalue weighted by atomic mass is 10.0. The molecule has 3 heterocycles. The number of pyridine rings is 1. The Bertz CT molecular complexity index is 1190. The van der Waals surface area contributed by atoms with E-state index >= 15 is 0 Å². The van der Waals surface area contributed by atoms with Gasteiger partial charge >= 0.3 is 0 Å². The first-order valence-corrected chi connectivity index (χ1v) is 10.2. The highest BCUT2D eigenvalue weighted by Crippen LogP contribution is 2.29. The van der Waals surface area contributed by atoms with Crippen molar-refractivity contribution in [3.63, 3.8) is 0 Å². The molecule has 0 N–H and O–H groups in total. The van der Waals surface area contributed by atoms with Gasteiger partial charge in [0.2, 0.25) is 5.88 Å². The van der Waals surface area contributed by atoms with Crippen LogP contribution < -0.4 is 4.74 Å². The summed E-state index contributed by atoms with van der Waals surface area (Å²) in [6, 6.07) is 16.7. The smallest absolute Gasteiger partial charge is 0.218 e. The molecule has 5 rings (SSSR count). The van der Waals surface area contributed by atoms with Gasteiger partial charge in [-0.15, -0.1) is 5.10 Å². The molecular formula is C23H24N6O. The lowest BCUT2D eigenvalue weighted by Gasteiger charge is -2.18. The predicted octanol–water partition coefficient (Wildman–Crippen LogP) is 3.28. The summed E-state index contributed by atoms with van der Waals surface area (Å²) in [5.41, 5.74) is 5.71. The largest absolute Gasteiger partial charge is 0.476 e. The Morgan fingerprint density at radius 3 is 2.70 bits per heavy atom. The van der Waals surface area contributed by atoms with Gasteiger partial charge in [0.25, 0.3) is 0 Å². The summed E-state index contributed by atoms with van der Waals surface area (Å²) < 4.78 is 7.88. The van der Waals surface area contributed by atoms with Crippen molar-refractivity contribution in [3.8, 4) is 5.88 Å². The van der Waals surface area contributed by atoms with Crippen LogP contribution in [0.1, 0.15) is 28.1 Å². The number of benzene rings is 2. The average molecular weight is 400 g/mol. The Balaban J connectivity index is 1.40. The van der Waals surface area contributed by atoms with E-state index in [1.54, 1.807) is 0 Å². The first kappa shape index (κ1) is 18.7. The number of aryl methyl sites for hydroxylation is 2. The molecule has 0 bridgehead atoms. The molecule has 0 fully saturated rings. The van der Waals surface area contributed by atoms with Gasteiger partial charge in [0.15, 0.2) is 5.82 Å². The minimum absolute atomic E-state index is 0.594. The number of rotatable bonds is 4. The molecule has 0 amide bonds. The van der Waals surface area contributed by atoms with Gasteiger partial charge in [-0.2, -0.15) is 0 Å². The van der Waals surface area contributed by atoms with E-state index in [-0.39, 0.29) is 0 Å². The molecule has 1 aliphatic rings. The van der Waals surface area contributed by atoms with Crippen LogP contribution in [0.15, 0.2) is 48.5 Å². The Labute approximate surface area is 175 Å². The van der Waals surface area contributed by atoms with Crippen molar-refractivity contribution in [2.75, 3.05) is 13.2 Å². The molecular weight excluding hydrogens is 376 g/mol. The second-order valence-electron chi connectivity index (χ2n) is 7.85. The number of hydrogen-bond acceptors (Lipinski definition) is 6. The molecule has 2 aromatic carbocycles. The summed E-state index contributed by atoms with van der Waals surface area (Å²) in [5, 5.41) is 13.6. The van der Waals surface area contributed by atoms with Gasteiger partial charge in [0.05, 0.1) is 18.6 Å². The number of nitrogens with zero attached hydrogens (tertiary/aromatic N) is 6. The van der Waals surface area contributed by atoms with E-state index in [2.05, 4.69) is 64.6 Å². The number of tetrazole rings is 1. The fraction of sp³-hybridized carbons (Fsp3) is 0.304. The fourth-order valence-corrected chi connectivity index (χ4v) is 3.94.